The summed E-state index contributed by atoms with van der Waals surface area (Å²) in [5.41, 5.74) is 3.58. The monoisotopic (exact) mass is 282 g/mol. The van der Waals surface area contributed by atoms with E-state index in [-0.39, 0.29) is 11.9 Å². The summed E-state index contributed by atoms with van der Waals surface area (Å²) in [7, 11) is 1.89. The number of benzene rings is 1. The molecule has 2 heterocycles. The van der Waals surface area contributed by atoms with Crippen LogP contribution in [0.4, 0.5) is 0 Å². The van der Waals surface area contributed by atoms with Gasteiger partial charge in [-0.1, -0.05) is 12.1 Å². The van der Waals surface area contributed by atoms with E-state index in [4.69, 9.17) is 0 Å². The van der Waals surface area contributed by atoms with Crippen LogP contribution in [0.3, 0.4) is 0 Å². The summed E-state index contributed by atoms with van der Waals surface area (Å²) in [6.07, 6.45) is 0. The van der Waals surface area contributed by atoms with E-state index in [0.717, 1.165) is 22.6 Å². The molecule has 0 fully saturated rings. The number of para-hydroxylation sites is 2. The molecule has 1 unspecified atom stereocenters. The number of amides is 1. The van der Waals surface area contributed by atoms with Crippen molar-refractivity contribution < 1.29 is 4.79 Å². The van der Waals surface area contributed by atoms with Gasteiger partial charge in [-0.2, -0.15) is 0 Å². The van der Waals surface area contributed by atoms with Gasteiger partial charge in [0.25, 0.3) is 5.91 Å². The average molecular weight is 282 g/mol. The van der Waals surface area contributed by atoms with E-state index in [9.17, 15) is 4.79 Å². The van der Waals surface area contributed by atoms with Crippen molar-refractivity contribution >= 4 is 16.9 Å². The van der Waals surface area contributed by atoms with E-state index >= 15 is 0 Å². The number of aromatic amines is 1. The van der Waals surface area contributed by atoms with Crippen molar-refractivity contribution in [3.63, 3.8) is 0 Å². The Morgan fingerprint density at radius 1 is 1.29 bits per heavy atom. The number of hydrogen-bond acceptors (Lipinski definition) is 2. The van der Waals surface area contributed by atoms with E-state index in [1.165, 1.54) is 0 Å². The molecule has 0 aliphatic heterocycles. The molecule has 3 aromatic rings. The van der Waals surface area contributed by atoms with Crippen molar-refractivity contribution in [1.82, 2.24) is 19.9 Å². The normalized spacial score (nSPS) is 12.5. The quantitative estimate of drug-likeness (QED) is 0.776. The number of nitrogens with zero attached hydrogens (tertiary/aromatic N) is 2. The Bertz CT molecular complexity index is 767. The largest absolute Gasteiger partial charge is 0.344 e. The van der Waals surface area contributed by atoms with Crippen LogP contribution >= 0.6 is 0 Å². The maximum Gasteiger partial charge on any atom is 0.268 e. The highest BCUT2D eigenvalue weighted by Crippen LogP contribution is 2.16. The summed E-state index contributed by atoms with van der Waals surface area (Å²) < 4.78 is 1.88. The summed E-state index contributed by atoms with van der Waals surface area (Å²) in [4.78, 5) is 20.1. The predicted molar refractivity (Wildman–Crippen MR) is 82.1 cm³/mol. The van der Waals surface area contributed by atoms with Gasteiger partial charge in [0.1, 0.15) is 11.5 Å². The van der Waals surface area contributed by atoms with Crippen LogP contribution in [0.5, 0.6) is 0 Å². The van der Waals surface area contributed by atoms with Crippen LogP contribution in [-0.2, 0) is 7.05 Å². The minimum absolute atomic E-state index is 0.0986. The molecule has 21 heavy (non-hydrogen) atoms. The van der Waals surface area contributed by atoms with Crippen molar-refractivity contribution in [3.8, 4) is 0 Å². The molecule has 5 heteroatoms. The number of aromatic nitrogens is 3. The minimum atomic E-state index is -0.180. The topological polar surface area (TPSA) is 62.7 Å². The van der Waals surface area contributed by atoms with Gasteiger partial charge in [-0.3, -0.25) is 4.79 Å². The van der Waals surface area contributed by atoms with Gasteiger partial charge in [0.2, 0.25) is 0 Å². The van der Waals surface area contributed by atoms with Gasteiger partial charge >= 0.3 is 0 Å². The molecule has 1 amide bonds. The fourth-order valence-corrected chi connectivity index (χ4v) is 2.36. The predicted octanol–water partition coefficient (Wildman–Crippen LogP) is 2.70. The van der Waals surface area contributed by atoms with Crippen LogP contribution in [0.25, 0.3) is 11.0 Å². The molecule has 0 bridgehead atoms. The molecule has 0 saturated carbocycles. The number of carbonyl (C=O) groups is 1. The van der Waals surface area contributed by atoms with Crippen molar-refractivity contribution in [3.05, 3.63) is 53.6 Å². The van der Waals surface area contributed by atoms with E-state index < -0.39 is 0 Å². The molecule has 0 spiro atoms. The first-order valence-electron chi connectivity index (χ1n) is 6.94. The maximum atomic E-state index is 12.3. The lowest BCUT2D eigenvalue weighted by molar-refractivity contribution is 0.0930. The molecular weight excluding hydrogens is 264 g/mol. The highest BCUT2D eigenvalue weighted by molar-refractivity contribution is 5.93. The maximum absolute atomic E-state index is 12.3. The molecule has 0 radical (unpaired) electrons. The van der Waals surface area contributed by atoms with Crippen molar-refractivity contribution in [2.75, 3.05) is 0 Å². The standard InChI is InChI=1S/C16H18N4O/c1-10-8-9-14(20(10)3)16(21)17-11(2)15-18-12-6-4-5-7-13(12)19-15/h4-9,11H,1-3H3,(H,17,21)(H,18,19). The second-order valence-electron chi connectivity index (χ2n) is 5.25. The van der Waals surface area contributed by atoms with Crippen LogP contribution in [0.1, 0.15) is 35.0 Å². The zero-order chi connectivity index (χ0) is 15.0. The van der Waals surface area contributed by atoms with Gasteiger partial charge in [-0.15, -0.1) is 0 Å². The average Bonchev–Trinajstić information content (AvgIpc) is 3.03. The number of aryl methyl sites for hydroxylation is 1. The van der Waals surface area contributed by atoms with Gasteiger partial charge in [-0.05, 0) is 38.1 Å². The second kappa shape index (κ2) is 5.09. The van der Waals surface area contributed by atoms with Crippen molar-refractivity contribution in [2.24, 2.45) is 7.05 Å². The molecular formula is C16H18N4O. The highest BCUT2D eigenvalue weighted by atomic mass is 16.2. The number of carbonyl (C=O) groups excluding carboxylic acids is 1. The lowest BCUT2D eigenvalue weighted by atomic mass is 10.3. The Balaban J connectivity index is 1.81. The lowest BCUT2D eigenvalue weighted by Crippen LogP contribution is -2.29. The van der Waals surface area contributed by atoms with Crippen molar-refractivity contribution in [1.29, 1.82) is 0 Å². The molecule has 2 N–H and O–H groups in total. The molecule has 108 valence electrons. The third kappa shape index (κ3) is 2.42. The Morgan fingerprint density at radius 3 is 2.71 bits per heavy atom. The van der Waals surface area contributed by atoms with E-state index in [1.807, 2.05) is 61.9 Å². The van der Waals surface area contributed by atoms with Gasteiger partial charge in [0.15, 0.2) is 0 Å². The first-order chi connectivity index (χ1) is 10.1. The second-order valence-corrected chi connectivity index (χ2v) is 5.25. The molecule has 0 saturated heterocycles. The van der Waals surface area contributed by atoms with Crippen molar-refractivity contribution in [2.45, 2.75) is 19.9 Å². The summed E-state index contributed by atoms with van der Waals surface area (Å²) in [6.45, 7) is 3.89. The lowest BCUT2D eigenvalue weighted by Gasteiger charge is -2.12. The number of fused-ring (bicyclic) bond motifs is 1. The third-order valence-corrected chi connectivity index (χ3v) is 3.77. The van der Waals surface area contributed by atoms with Crippen LogP contribution in [0.15, 0.2) is 36.4 Å². The molecule has 0 aliphatic carbocycles. The zero-order valence-electron chi connectivity index (χ0n) is 12.3. The number of nitrogens with one attached hydrogen (secondary N) is 2. The fourth-order valence-electron chi connectivity index (χ4n) is 2.36. The van der Waals surface area contributed by atoms with E-state index in [2.05, 4.69) is 15.3 Å². The fraction of sp³-hybridized carbons (Fsp3) is 0.250. The SMILES string of the molecule is Cc1ccc(C(=O)NC(C)c2nc3ccccc3[nH]2)n1C. The Hall–Kier alpha value is -2.56. The van der Waals surface area contributed by atoms with Crippen LogP contribution < -0.4 is 5.32 Å². The summed E-state index contributed by atoms with van der Waals surface area (Å²) in [6, 6.07) is 11.4. The summed E-state index contributed by atoms with van der Waals surface area (Å²) >= 11 is 0. The Labute approximate surface area is 123 Å². The number of hydrogen-bond donors (Lipinski definition) is 2. The van der Waals surface area contributed by atoms with Crippen LogP contribution in [0.2, 0.25) is 0 Å². The molecule has 5 nitrogen and oxygen atoms in total. The Kier molecular flexibility index (Phi) is 3.25. The van der Waals surface area contributed by atoms with Crippen LogP contribution in [-0.4, -0.2) is 20.4 Å². The first kappa shape index (κ1) is 13.4. The first-order valence-corrected chi connectivity index (χ1v) is 6.94. The zero-order valence-corrected chi connectivity index (χ0v) is 12.3. The van der Waals surface area contributed by atoms with Gasteiger partial charge in [0, 0.05) is 12.7 Å². The molecule has 1 aromatic carbocycles. The summed E-state index contributed by atoms with van der Waals surface area (Å²) in [5, 5.41) is 2.97. The molecule has 0 aliphatic rings. The number of imidazole rings is 1. The number of rotatable bonds is 3. The molecule has 2 aromatic heterocycles. The van der Waals surface area contributed by atoms with Gasteiger partial charge in [-0.25, -0.2) is 4.98 Å². The van der Waals surface area contributed by atoms with Gasteiger partial charge in [0.05, 0.1) is 17.1 Å². The highest BCUT2D eigenvalue weighted by Gasteiger charge is 2.16. The minimum Gasteiger partial charge on any atom is -0.344 e. The van der Waals surface area contributed by atoms with Crippen LogP contribution in [0, 0.1) is 6.92 Å². The van der Waals surface area contributed by atoms with E-state index in [0.29, 0.717) is 5.69 Å². The smallest absolute Gasteiger partial charge is 0.268 e. The number of H-pyrrole nitrogens is 1. The third-order valence-electron chi connectivity index (χ3n) is 3.77. The van der Waals surface area contributed by atoms with E-state index in [1.54, 1.807) is 0 Å². The van der Waals surface area contributed by atoms with Gasteiger partial charge < -0.3 is 14.9 Å². The summed E-state index contributed by atoms with van der Waals surface area (Å²) in [5.74, 6) is 0.661. The Morgan fingerprint density at radius 2 is 2.05 bits per heavy atom. The molecule has 3 rings (SSSR count). The molecule has 1 atom stereocenters.